The fourth-order valence-electron chi connectivity index (χ4n) is 2.07. The topological polar surface area (TPSA) is 97.5 Å². The standard InChI is InChI=1S/C11H14N4O4/c1-7-10(16)12-3-4-14(7)11(17)9-5-8(15(18)19)6-13(9)2/h5-7H,3-4H2,1-2H3,(H,12,16). The Labute approximate surface area is 109 Å². The third-order valence-electron chi connectivity index (χ3n) is 3.18. The highest BCUT2D eigenvalue weighted by Crippen LogP contribution is 2.18. The molecule has 1 aromatic rings. The van der Waals surface area contributed by atoms with Gasteiger partial charge in [-0.05, 0) is 6.92 Å². The third kappa shape index (κ3) is 2.28. The van der Waals surface area contributed by atoms with Gasteiger partial charge >= 0.3 is 0 Å². The largest absolute Gasteiger partial charge is 0.353 e. The van der Waals surface area contributed by atoms with Gasteiger partial charge in [0.2, 0.25) is 5.91 Å². The van der Waals surface area contributed by atoms with Gasteiger partial charge in [0.1, 0.15) is 11.7 Å². The van der Waals surface area contributed by atoms with Crippen molar-refractivity contribution in [2.24, 2.45) is 7.05 Å². The van der Waals surface area contributed by atoms with Crippen molar-refractivity contribution in [3.63, 3.8) is 0 Å². The number of piperazine rings is 1. The van der Waals surface area contributed by atoms with Crippen molar-refractivity contribution in [2.45, 2.75) is 13.0 Å². The number of carbonyl (C=O) groups is 2. The van der Waals surface area contributed by atoms with Crippen LogP contribution in [0.3, 0.4) is 0 Å². The van der Waals surface area contributed by atoms with Crippen LogP contribution in [0.1, 0.15) is 17.4 Å². The lowest BCUT2D eigenvalue weighted by Gasteiger charge is -2.32. The van der Waals surface area contributed by atoms with E-state index in [2.05, 4.69) is 5.32 Å². The van der Waals surface area contributed by atoms with E-state index in [9.17, 15) is 19.7 Å². The molecule has 102 valence electrons. The first-order chi connectivity index (χ1) is 8.91. The molecule has 1 aliphatic rings. The van der Waals surface area contributed by atoms with Crippen molar-refractivity contribution < 1.29 is 14.5 Å². The van der Waals surface area contributed by atoms with Crippen LogP contribution in [0.4, 0.5) is 5.69 Å². The molecule has 1 aliphatic heterocycles. The molecule has 1 aromatic heterocycles. The molecule has 0 radical (unpaired) electrons. The van der Waals surface area contributed by atoms with Crippen LogP contribution in [0, 0.1) is 10.1 Å². The highest BCUT2D eigenvalue weighted by atomic mass is 16.6. The van der Waals surface area contributed by atoms with E-state index in [0.717, 1.165) is 0 Å². The Kier molecular flexibility index (Phi) is 3.24. The first kappa shape index (κ1) is 13.1. The molecule has 1 unspecified atom stereocenters. The minimum absolute atomic E-state index is 0.139. The second-order valence-electron chi connectivity index (χ2n) is 4.42. The zero-order valence-corrected chi connectivity index (χ0v) is 10.6. The van der Waals surface area contributed by atoms with E-state index in [1.807, 2.05) is 0 Å². The summed E-state index contributed by atoms with van der Waals surface area (Å²) in [6, 6.07) is 0.650. The fourth-order valence-corrected chi connectivity index (χ4v) is 2.07. The molecular formula is C11H14N4O4. The molecule has 0 saturated carbocycles. The molecule has 0 spiro atoms. The van der Waals surface area contributed by atoms with Gasteiger partial charge in [-0.25, -0.2) is 0 Å². The number of nitrogens with one attached hydrogen (secondary N) is 1. The van der Waals surface area contributed by atoms with E-state index in [0.29, 0.717) is 13.1 Å². The van der Waals surface area contributed by atoms with Gasteiger partial charge in [-0.3, -0.25) is 19.7 Å². The minimum atomic E-state index is -0.574. The molecule has 8 heteroatoms. The summed E-state index contributed by atoms with van der Waals surface area (Å²) in [5.74, 6) is -0.596. The van der Waals surface area contributed by atoms with Crippen molar-refractivity contribution in [2.75, 3.05) is 13.1 Å². The highest BCUT2D eigenvalue weighted by Gasteiger charge is 2.31. The maximum absolute atomic E-state index is 12.3. The molecule has 8 nitrogen and oxygen atoms in total. The van der Waals surface area contributed by atoms with Crippen molar-refractivity contribution >= 4 is 17.5 Å². The van der Waals surface area contributed by atoms with E-state index in [4.69, 9.17) is 0 Å². The van der Waals surface area contributed by atoms with Gasteiger partial charge in [-0.1, -0.05) is 0 Å². The molecule has 1 fully saturated rings. The maximum atomic E-state index is 12.3. The van der Waals surface area contributed by atoms with Gasteiger partial charge in [0.25, 0.3) is 11.6 Å². The Hall–Kier alpha value is -2.38. The summed E-state index contributed by atoms with van der Waals surface area (Å²) in [4.78, 5) is 35.4. The molecule has 0 bridgehead atoms. The third-order valence-corrected chi connectivity index (χ3v) is 3.18. The van der Waals surface area contributed by atoms with Crippen molar-refractivity contribution in [3.05, 3.63) is 28.1 Å². The number of rotatable bonds is 2. The first-order valence-electron chi connectivity index (χ1n) is 5.81. The van der Waals surface area contributed by atoms with Crippen molar-refractivity contribution in [1.29, 1.82) is 0 Å². The molecule has 19 heavy (non-hydrogen) atoms. The van der Waals surface area contributed by atoms with E-state index in [1.54, 1.807) is 14.0 Å². The van der Waals surface area contributed by atoms with Crippen molar-refractivity contribution in [3.8, 4) is 0 Å². The zero-order chi connectivity index (χ0) is 14.2. The number of aromatic nitrogens is 1. The highest BCUT2D eigenvalue weighted by molar-refractivity contribution is 5.97. The molecule has 1 saturated heterocycles. The minimum Gasteiger partial charge on any atom is -0.353 e. The number of hydrogen-bond donors (Lipinski definition) is 1. The van der Waals surface area contributed by atoms with E-state index in [-0.39, 0.29) is 23.2 Å². The van der Waals surface area contributed by atoms with Crippen molar-refractivity contribution in [1.82, 2.24) is 14.8 Å². The lowest BCUT2D eigenvalue weighted by Crippen LogP contribution is -2.56. The monoisotopic (exact) mass is 266 g/mol. The summed E-state index contributed by atoms with van der Waals surface area (Å²) in [6.45, 7) is 2.41. The van der Waals surface area contributed by atoms with Crippen LogP contribution >= 0.6 is 0 Å². The van der Waals surface area contributed by atoms with E-state index >= 15 is 0 Å². The molecule has 2 heterocycles. The van der Waals surface area contributed by atoms with E-state index in [1.165, 1.54) is 21.7 Å². The maximum Gasteiger partial charge on any atom is 0.287 e. The summed E-state index contributed by atoms with van der Waals surface area (Å²) < 4.78 is 1.40. The van der Waals surface area contributed by atoms with Gasteiger partial charge in [-0.2, -0.15) is 0 Å². The predicted octanol–water partition coefficient (Wildman–Crippen LogP) is -0.106. The molecule has 1 atom stereocenters. The second-order valence-corrected chi connectivity index (χ2v) is 4.42. The number of nitro groups is 1. The van der Waals surface area contributed by atoms with Gasteiger partial charge in [-0.15, -0.1) is 0 Å². The Bertz CT molecular complexity index is 551. The van der Waals surface area contributed by atoms with Crippen LogP contribution in [-0.2, 0) is 11.8 Å². The summed E-state index contributed by atoms with van der Waals surface area (Å²) in [7, 11) is 1.56. The number of nitrogens with zero attached hydrogens (tertiary/aromatic N) is 3. The fraction of sp³-hybridized carbons (Fsp3) is 0.455. The first-order valence-corrected chi connectivity index (χ1v) is 5.81. The second kappa shape index (κ2) is 4.71. The van der Waals surface area contributed by atoms with Crippen LogP contribution in [0.2, 0.25) is 0 Å². The van der Waals surface area contributed by atoms with Crippen LogP contribution in [0.25, 0.3) is 0 Å². The molecule has 1 N–H and O–H groups in total. The lowest BCUT2D eigenvalue weighted by atomic mass is 10.2. The molecule has 0 aliphatic carbocycles. The SMILES string of the molecule is CC1C(=O)NCCN1C(=O)c1cc([N+](=O)[O-])cn1C. The summed E-state index contributed by atoms with van der Waals surface area (Å²) in [5, 5.41) is 13.3. The van der Waals surface area contributed by atoms with Gasteiger partial charge < -0.3 is 14.8 Å². The zero-order valence-electron chi connectivity index (χ0n) is 10.6. The smallest absolute Gasteiger partial charge is 0.287 e. The molecule has 0 aromatic carbocycles. The number of aryl methyl sites for hydroxylation is 1. The van der Waals surface area contributed by atoms with Crippen LogP contribution in [-0.4, -0.2) is 45.3 Å². The van der Waals surface area contributed by atoms with Crippen LogP contribution in [0.5, 0.6) is 0 Å². The average Bonchev–Trinajstić information content (AvgIpc) is 2.74. The number of hydrogen-bond acceptors (Lipinski definition) is 4. The van der Waals surface area contributed by atoms with Crippen LogP contribution in [0.15, 0.2) is 12.3 Å². The predicted molar refractivity (Wildman–Crippen MR) is 65.6 cm³/mol. The Balaban J connectivity index is 2.28. The lowest BCUT2D eigenvalue weighted by molar-refractivity contribution is -0.384. The summed E-state index contributed by atoms with van der Waals surface area (Å²) >= 11 is 0. The van der Waals surface area contributed by atoms with Gasteiger partial charge in [0, 0.05) is 26.2 Å². The summed E-state index contributed by atoms with van der Waals surface area (Å²) in [6.07, 6.45) is 1.28. The van der Waals surface area contributed by atoms with Crippen LogP contribution < -0.4 is 5.32 Å². The normalized spacial score (nSPS) is 19.2. The van der Waals surface area contributed by atoms with Gasteiger partial charge in [0.15, 0.2) is 0 Å². The summed E-state index contributed by atoms with van der Waals surface area (Å²) in [5.41, 5.74) is 0.0632. The number of carbonyl (C=O) groups excluding carboxylic acids is 2. The molecule has 2 amide bonds. The Morgan fingerprint density at radius 2 is 2.26 bits per heavy atom. The van der Waals surface area contributed by atoms with E-state index < -0.39 is 11.0 Å². The quantitative estimate of drug-likeness (QED) is 0.596. The molecule has 2 rings (SSSR count). The van der Waals surface area contributed by atoms with Gasteiger partial charge in [0.05, 0.1) is 11.1 Å². The number of amides is 2. The average molecular weight is 266 g/mol. The molecular weight excluding hydrogens is 252 g/mol. The Morgan fingerprint density at radius 1 is 1.58 bits per heavy atom. The Morgan fingerprint density at radius 3 is 2.84 bits per heavy atom.